The van der Waals surface area contributed by atoms with Crippen LogP contribution in [0.1, 0.15) is 28.9 Å². The minimum absolute atomic E-state index is 0.0362. The Bertz CT molecular complexity index is 734. The summed E-state index contributed by atoms with van der Waals surface area (Å²) in [7, 11) is 0. The molecule has 0 saturated heterocycles. The Morgan fingerprint density at radius 1 is 1.15 bits per heavy atom. The van der Waals surface area contributed by atoms with Gasteiger partial charge in [-0.3, -0.25) is 9.89 Å². The summed E-state index contributed by atoms with van der Waals surface area (Å²) in [4.78, 5) is 12.4. The number of H-pyrrole nitrogens is 1. The van der Waals surface area contributed by atoms with Crippen molar-refractivity contribution >= 4 is 16.8 Å². The van der Waals surface area contributed by atoms with Gasteiger partial charge in [-0.2, -0.15) is 5.10 Å². The van der Waals surface area contributed by atoms with Gasteiger partial charge in [0, 0.05) is 5.39 Å². The van der Waals surface area contributed by atoms with Gasteiger partial charge >= 0.3 is 0 Å². The Hall–Kier alpha value is -2.62. The number of aromatic nitrogens is 2. The maximum atomic E-state index is 12.4. The van der Waals surface area contributed by atoms with Gasteiger partial charge in [-0.05, 0) is 24.6 Å². The molecule has 3 aromatic rings. The Kier molecular flexibility index (Phi) is 3.21. The molecule has 2 aromatic carbocycles. The van der Waals surface area contributed by atoms with E-state index in [1.165, 1.54) is 0 Å². The molecule has 0 bridgehead atoms. The van der Waals surface area contributed by atoms with Gasteiger partial charge in [0.2, 0.25) is 0 Å². The second kappa shape index (κ2) is 5.17. The van der Waals surface area contributed by atoms with Gasteiger partial charge < -0.3 is 5.32 Å². The highest BCUT2D eigenvalue weighted by Crippen LogP contribution is 2.18. The lowest BCUT2D eigenvalue weighted by molar-refractivity contribution is 0.0941. The van der Waals surface area contributed by atoms with Gasteiger partial charge in [-0.15, -0.1) is 0 Å². The van der Waals surface area contributed by atoms with E-state index in [0.717, 1.165) is 16.5 Å². The molecule has 1 atom stereocenters. The fourth-order valence-electron chi connectivity index (χ4n) is 2.27. The van der Waals surface area contributed by atoms with Gasteiger partial charge in [0.1, 0.15) is 0 Å². The summed E-state index contributed by atoms with van der Waals surface area (Å²) >= 11 is 0. The molecule has 100 valence electrons. The lowest BCUT2D eigenvalue weighted by atomic mass is 10.1. The van der Waals surface area contributed by atoms with E-state index in [0.29, 0.717) is 5.56 Å². The van der Waals surface area contributed by atoms with Crippen molar-refractivity contribution in [2.45, 2.75) is 13.0 Å². The maximum Gasteiger partial charge on any atom is 0.252 e. The van der Waals surface area contributed by atoms with Crippen LogP contribution >= 0.6 is 0 Å². The molecule has 2 N–H and O–H groups in total. The fraction of sp³-hybridized carbons (Fsp3) is 0.125. The third kappa shape index (κ3) is 2.28. The number of carbonyl (C=O) groups is 1. The van der Waals surface area contributed by atoms with Crippen LogP contribution in [0.4, 0.5) is 0 Å². The summed E-state index contributed by atoms with van der Waals surface area (Å²) in [6.07, 6.45) is 1.68. The molecular formula is C16H15N3O. The molecule has 3 rings (SSSR count). The molecule has 1 heterocycles. The second-order valence-electron chi connectivity index (χ2n) is 4.74. The number of aromatic amines is 1. The molecule has 1 aromatic heterocycles. The highest BCUT2D eigenvalue weighted by Gasteiger charge is 2.14. The Morgan fingerprint density at radius 2 is 1.95 bits per heavy atom. The largest absolute Gasteiger partial charge is 0.345 e. The smallest absolute Gasteiger partial charge is 0.252 e. The Labute approximate surface area is 116 Å². The first kappa shape index (κ1) is 12.4. The summed E-state index contributed by atoms with van der Waals surface area (Å²) in [6, 6.07) is 15.4. The minimum Gasteiger partial charge on any atom is -0.345 e. The van der Waals surface area contributed by atoms with Crippen molar-refractivity contribution in [1.82, 2.24) is 15.5 Å². The molecule has 1 amide bonds. The van der Waals surface area contributed by atoms with Gasteiger partial charge in [-0.25, -0.2) is 0 Å². The molecule has 0 aliphatic heterocycles. The van der Waals surface area contributed by atoms with Crippen LogP contribution in [-0.2, 0) is 0 Å². The van der Waals surface area contributed by atoms with Gasteiger partial charge in [0.25, 0.3) is 5.91 Å². The Morgan fingerprint density at radius 3 is 2.75 bits per heavy atom. The van der Waals surface area contributed by atoms with E-state index in [9.17, 15) is 4.79 Å². The molecule has 4 heteroatoms. The lowest BCUT2D eigenvalue weighted by Crippen LogP contribution is -2.26. The predicted molar refractivity (Wildman–Crippen MR) is 78.4 cm³/mol. The first-order chi connectivity index (χ1) is 9.75. The van der Waals surface area contributed by atoms with E-state index in [4.69, 9.17) is 0 Å². The summed E-state index contributed by atoms with van der Waals surface area (Å²) in [5, 5.41) is 10.7. The number of amides is 1. The molecule has 0 saturated carbocycles. The number of rotatable bonds is 3. The van der Waals surface area contributed by atoms with Gasteiger partial charge in [-0.1, -0.05) is 36.4 Å². The molecule has 0 aliphatic rings. The van der Waals surface area contributed by atoms with Crippen LogP contribution in [0.2, 0.25) is 0 Å². The van der Waals surface area contributed by atoms with Crippen molar-refractivity contribution in [1.29, 1.82) is 0 Å². The highest BCUT2D eigenvalue weighted by molar-refractivity contribution is 6.06. The minimum atomic E-state index is -0.0895. The molecular weight excluding hydrogens is 250 g/mol. The topological polar surface area (TPSA) is 57.8 Å². The number of nitrogens with one attached hydrogen (secondary N) is 2. The van der Waals surface area contributed by atoms with Crippen LogP contribution in [-0.4, -0.2) is 16.1 Å². The molecule has 1 unspecified atom stereocenters. The number of carbonyl (C=O) groups excluding carboxylic acids is 1. The standard InChI is InChI=1S/C16H15N3O/c1-11(12-6-3-2-4-7-12)18-16(20)13-8-5-9-15-14(13)10-17-19-15/h2-11H,1H3,(H,17,19)(H,18,20). The van der Waals surface area contributed by atoms with Crippen molar-refractivity contribution in [2.24, 2.45) is 0 Å². The monoisotopic (exact) mass is 265 g/mol. The first-order valence-corrected chi connectivity index (χ1v) is 6.53. The van der Waals surface area contributed by atoms with Crippen molar-refractivity contribution in [3.05, 3.63) is 65.9 Å². The average molecular weight is 265 g/mol. The van der Waals surface area contributed by atoms with Crippen molar-refractivity contribution in [2.75, 3.05) is 0 Å². The maximum absolute atomic E-state index is 12.4. The lowest BCUT2D eigenvalue weighted by Gasteiger charge is -2.14. The fourth-order valence-corrected chi connectivity index (χ4v) is 2.27. The van der Waals surface area contributed by atoms with Crippen LogP contribution in [0.15, 0.2) is 54.7 Å². The Balaban J connectivity index is 1.85. The zero-order valence-electron chi connectivity index (χ0n) is 11.1. The average Bonchev–Trinajstić information content (AvgIpc) is 2.96. The van der Waals surface area contributed by atoms with E-state index in [2.05, 4.69) is 15.5 Å². The first-order valence-electron chi connectivity index (χ1n) is 6.53. The molecule has 20 heavy (non-hydrogen) atoms. The van der Waals surface area contributed by atoms with Crippen molar-refractivity contribution in [3.8, 4) is 0 Å². The van der Waals surface area contributed by atoms with Crippen molar-refractivity contribution in [3.63, 3.8) is 0 Å². The van der Waals surface area contributed by atoms with Crippen molar-refractivity contribution < 1.29 is 4.79 Å². The highest BCUT2D eigenvalue weighted by atomic mass is 16.1. The molecule has 0 aliphatic carbocycles. The van der Waals surface area contributed by atoms with Crippen LogP contribution < -0.4 is 5.32 Å². The summed E-state index contributed by atoms with van der Waals surface area (Å²) in [5.41, 5.74) is 2.59. The number of hydrogen-bond acceptors (Lipinski definition) is 2. The molecule has 0 fully saturated rings. The van der Waals surface area contributed by atoms with E-state index in [1.54, 1.807) is 6.20 Å². The van der Waals surface area contributed by atoms with Gasteiger partial charge in [0.05, 0.1) is 23.3 Å². The number of hydrogen-bond donors (Lipinski definition) is 2. The van der Waals surface area contributed by atoms with Crippen LogP contribution in [0.3, 0.4) is 0 Å². The van der Waals surface area contributed by atoms with Crippen LogP contribution in [0.25, 0.3) is 10.9 Å². The SMILES string of the molecule is CC(NC(=O)c1cccc2[nH]ncc12)c1ccccc1. The number of benzene rings is 2. The van der Waals surface area contributed by atoms with Gasteiger partial charge in [0.15, 0.2) is 0 Å². The molecule has 0 spiro atoms. The normalized spacial score (nSPS) is 12.2. The van der Waals surface area contributed by atoms with Crippen LogP contribution in [0, 0.1) is 0 Å². The van der Waals surface area contributed by atoms with E-state index >= 15 is 0 Å². The summed E-state index contributed by atoms with van der Waals surface area (Å²) in [5.74, 6) is -0.0895. The number of nitrogens with zero attached hydrogens (tertiary/aromatic N) is 1. The summed E-state index contributed by atoms with van der Waals surface area (Å²) < 4.78 is 0. The van der Waals surface area contributed by atoms with E-state index in [1.807, 2.05) is 55.5 Å². The predicted octanol–water partition coefficient (Wildman–Crippen LogP) is 3.05. The second-order valence-corrected chi connectivity index (χ2v) is 4.74. The quantitative estimate of drug-likeness (QED) is 0.764. The molecule has 0 radical (unpaired) electrons. The zero-order valence-corrected chi connectivity index (χ0v) is 11.1. The third-order valence-corrected chi connectivity index (χ3v) is 3.38. The number of fused-ring (bicyclic) bond motifs is 1. The summed E-state index contributed by atoms with van der Waals surface area (Å²) in [6.45, 7) is 1.97. The molecule has 4 nitrogen and oxygen atoms in total. The van der Waals surface area contributed by atoms with E-state index < -0.39 is 0 Å². The third-order valence-electron chi connectivity index (χ3n) is 3.38. The van der Waals surface area contributed by atoms with E-state index in [-0.39, 0.29) is 11.9 Å². The zero-order chi connectivity index (χ0) is 13.9. The van der Waals surface area contributed by atoms with Crippen LogP contribution in [0.5, 0.6) is 0 Å².